The third-order valence-electron chi connectivity index (χ3n) is 2.16. The largest absolute Gasteiger partial charge is 0.455 e. The number of amidine groups is 1. The van der Waals surface area contributed by atoms with Crippen LogP contribution >= 0.6 is 0 Å². The maximum Gasteiger partial charge on any atom is 0.192 e. The Hall–Kier alpha value is -2.63. The highest BCUT2D eigenvalue weighted by Gasteiger charge is 2.10. The van der Waals surface area contributed by atoms with Crippen LogP contribution in [0.5, 0.6) is 11.5 Å². The summed E-state index contributed by atoms with van der Waals surface area (Å²) < 4.78 is 18.2. The molecule has 0 saturated heterocycles. The lowest BCUT2D eigenvalue weighted by atomic mass is 10.3. The fourth-order valence-electron chi connectivity index (χ4n) is 1.34. The van der Waals surface area contributed by atoms with Gasteiger partial charge in [0.15, 0.2) is 17.3 Å². The van der Waals surface area contributed by atoms with Crippen molar-refractivity contribution in [3.05, 3.63) is 54.1 Å². The lowest BCUT2D eigenvalue weighted by Crippen LogP contribution is -2.15. The molecule has 0 amide bonds. The topological polar surface area (TPSA) is 80.7 Å². The predicted octanol–water partition coefficient (Wildman–Crippen LogP) is 2.11. The third kappa shape index (κ3) is 2.54. The maximum absolute atomic E-state index is 12.7. The molecule has 18 heavy (non-hydrogen) atoms. The average Bonchev–Trinajstić information content (AvgIpc) is 2.41. The van der Waals surface area contributed by atoms with E-state index in [1.807, 2.05) is 0 Å². The fourth-order valence-corrected chi connectivity index (χ4v) is 1.34. The zero-order valence-corrected chi connectivity index (χ0v) is 9.25. The summed E-state index contributed by atoms with van der Waals surface area (Å²) in [5, 5.41) is 11.5. The van der Waals surface area contributed by atoms with E-state index in [-0.39, 0.29) is 17.3 Å². The Morgan fingerprint density at radius 2 is 2.00 bits per heavy atom. The number of nitrogens with zero attached hydrogens (tertiary/aromatic N) is 2. The number of halogens is 1. The van der Waals surface area contributed by atoms with E-state index >= 15 is 0 Å². The molecule has 1 heterocycles. The molecule has 3 N–H and O–H groups in total. The van der Waals surface area contributed by atoms with E-state index < -0.39 is 0 Å². The van der Waals surface area contributed by atoms with E-state index in [0.29, 0.717) is 11.5 Å². The van der Waals surface area contributed by atoms with Gasteiger partial charge in [-0.25, -0.2) is 9.37 Å². The molecule has 2 aromatic rings. The summed E-state index contributed by atoms with van der Waals surface area (Å²) in [4.78, 5) is 3.95. The molecule has 1 aromatic carbocycles. The highest BCUT2D eigenvalue weighted by Crippen LogP contribution is 2.23. The Labute approximate surface area is 102 Å². The van der Waals surface area contributed by atoms with Gasteiger partial charge in [-0.1, -0.05) is 5.16 Å². The predicted molar refractivity (Wildman–Crippen MR) is 63.2 cm³/mol. The third-order valence-corrected chi connectivity index (χ3v) is 2.16. The van der Waals surface area contributed by atoms with Crippen LogP contribution in [0, 0.1) is 5.82 Å². The van der Waals surface area contributed by atoms with E-state index in [9.17, 15) is 4.39 Å². The van der Waals surface area contributed by atoms with Crippen LogP contribution in [-0.4, -0.2) is 16.0 Å². The van der Waals surface area contributed by atoms with Crippen molar-refractivity contribution >= 4 is 5.84 Å². The summed E-state index contributed by atoms with van der Waals surface area (Å²) in [5.74, 6) is 0.230. The lowest BCUT2D eigenvalue weighted by molar-refractivity contribution is 0.318. The second kappa shape index (κ2) is 5.13. The van der Waals surface area contributed by atoms with Crippen LogP contribution in [0.4, 0.5) is 4.39 Å². The first kappa shape index (κ1) is 11.8. The van der Waals surface area contributed by atoms with Crippen LogP contribution in [0.1, 0.15) is 5.69 Å². The zero-order chi connectivity index (χ0) is 13.0. The number of nitrogens with two attached hydrogens (primary N) is 1. The number of aromatic nitrogens is 1. The maximum atomic E-state index is 12.7. The fraction of sp³-hybridized carbons (Fsp3) is 0. The quantitative estimate of drug-likeness (QED) is 0.376. The standard InChI is InChI=1S/C12H10FN3O2/c13-8-3-5-9(6-4-8)18-10-2-1-7-15-11(10)12(14)16-17/h1-7,17H,(H2,14,16). The SMILES string of the molecule is N/C(=N/O)c1ncccc1Oc1ccc(F)cc1. The van der Waals surface area contributed by atoms with Gasteiger partial charge in [0, 0.05) is 6.20 Å². The molecule has 6 heteroatoms. The number of benzene rings is 1. The van der Waals surface area contributed by atoms with Crippen molar-refractivity contribution in [3.63, 3.8) is 0 Å². The monoisotopic (exact) mass is 247 g/mol. The van der Waals surface area contributed by atoms with Crippen molar-refractivity contribution in [2.24, 2.45) is 10.9 Å². The van der Waals surface area contributed by atoms with E-state index in [2.05, 4.69) is 10.1 Å². The van der Waals surface area contributed by atoms with Crippen LogP contribution in [0.3, 0.4) is 0 Å². The van der Waals surface area contributed by atoms with E-state index in [0.717, 1.165) is 0 Å². The average molecular weight is 247 g/mol. The molecule has 1 aromatic heterocycles. The molecule has 0 saturated carbocycles. The number of rotatable bonds is 3. The smallest absolute Gasteiger partial charge is 0.192 e. The Morgan fingerprint density at radius 3 is 2.67 bits per heavy atom. The molecule has 0 bridgehead atoms. The van der Waals surface area contributed by atoms with Crippen molar-refractivity contribution in [1.82, 2.24) is 4.98 Å². The summed E-state index contributed by atoms with van der Waals surface area (Å²) in [6.07, 6.45) is 1.49. The van der Waals surface area contributed by atoms with Crippen molar-refractivity contribution in [3.8, 4) is 11.5 Å². The van der Waals surface area contributed by atoms with Crippen molar-refractivity contribution in [1.29, 1.82) is 0 Å². The summed E-state index contributed by atoms with van der Waals surface area (Å²) in [5.41, 5.74) is 5.68. The minimum Gasteiger partial charge on any atom is -0.455 e. The summed E-state index contributed by atoms with van der Waals surface area (Å²) in [6.45, 7) is 0. The molecule has 2 rings (SSSR count). The zero-order valence-electron chi connectivity index (χ0n) is 9.25. The first-order valence-corrected chi connectivity index (χ1v) is 5.07. The van der Waals surface area contributed by atoms with Gasteiger partial charge < -0.3 is 15.7 Å². The van der Waals surface area contributed by atoms with Crippen molar-refractivity contribution in [2.45, 2.75) is 0 Å². The van der Waals surface area contributed by atoms with Gasteiger partial charge in [-0.3, -0.25) is 0 Å². The van der Waals surface area contributed by atoms with Crippen LogP contribution in [-0.2, 0) is 0 Å². The summed E-state index contributed by atoms with van der Waals surface area (Å²) in [6, 6.07) is 8.75. The van der Waals surface area contributed by atoms with E-state index in [1.165, 1.54) is 30.5 Å². The molecule has 0 aliphatic rings. The van der Waals surface area contributed by atoms with Gasteiger partial charge >= 0.3 is 0 Å². The van der Waals surface area contributed by atoms with Crippen molar-refractivity contribution < 1.29 is 14.3 Å². The van der Waals surface area contributed by atoms with Gasteiger partial charge in [-0.15, -0.1) is 0 Å². The van der Waals surface area contributed by atoms with Gasteiger partial charge in [0.1, 0.15) is 11.6 Å². The first-order valence-electron chi connectivity index (χ1n) is 5.07. The molecule has 0 aliphatic carbocycles. The highest BCUT2D eigenvalue weighted by atomic mass is 19.1. The van der Waals surface area contributed by atoms with Gasteiger partial charge in [0.2, 0.25) is 0 Å². The van der Waals surface area contributed by atoms with Gasteiger partial charge in [-0.2, -0.15) is 0 Å². The molecular weight excluding hydrogens is 237 g/mol. The molecule has 0 unspecified atom stereocenters. The summed E-state index contributed by atoms with van der Waals surface area (Å²) in [7, 11) is 0. The van der Waals surface area contributed by atoms with Crippen LogP contribution < -0.4 is 10.5 Å². The Bertz CT molecular complexity index is 570. The minimum absolute atomic E-state index is 0.160. The molecule has 5 nitrogen and oxygen atoms in total. The number of ether oxygens (including phenoxy) is 1. The molecule has 0 fully saturated rings. The Kier molecular flexibility index (Phi) is 3.38. The van der Waals surface area contributed by atoms with Crippen LogP contribution in [0.15, 0.2) is 47.8 Å². The van der Waals surface area contributed by atoms with Gasteiger partial charge in [0.25, 0.3) is 0 Å². The molecule has 92 valence electrons. The number of pyridine rings is 1. The number of oxime groups is 1. The van der Waals surface area contributed by atoms with Crippen molar-refractivity contribution in [2.75, 3.05) is 0 Å². The van der Waals surface area contributed by atoms with Gasteiger partial charge in [-0.05, 0) is 36.4 Å². The number of hydrogen-bond donors (Lipinski definition) is 2. The Morgan fingerprint density at radius 1 is 1.28 bits per heavy atom. The minimum atomic E-state index is -0.356. The molecular formula is C12H10FN3O2. The number of hydrogen-bond acceptors (Lipinski definition) is 4. The molecule has 0 spiro atoms. The highest BCUT2D eigenvalue weighted by molar-refractivity contribution is 5.97. The second-order valence-electron chi connectivity index (χ2n) is 3.39. The van der Waals surface area contributed by atoms with Crippen LogP contribution in [0.2, 0.25) is 0 Å². The first-order chi connectivity index (χ1) is 8.70. The summed E-state index contributed by atoms with van der Waals surface area (Å²) >= 11 is 0. The normalized spacial score (nSPS) is 11.3. The molecule has 0 atom stereocenters. The molecule has 0 radical (unpaired) electrons. The van der Waals surface area contributed by atoms with E-state index in [1.54, 1.807) is 12.1 Å². The van der Waals surface area contributed by atoms with Crippen LogP contribution in [0.25, 0.3) is 0 Å². The Balaban J connectivity index is 2.32. The second-order valence-corrected chi connectivity index (χ2v) is 3.39. The molecule has 0 aliphatic heterocycles. The lowest BCUT2D eigenvalue weighted by Gasteiger charge is -2.08. The van der Waals surface area contributed by atoms with Gasteiger partial charge in [0.05, 0.1) is 0 Å². The van der Waals surface area contributed by atoms with E-state index in [4.69, 9.17) is 15.7 Å².